The quantitative estimate of drug-likeness (QED) is 0.674. The van der Waals surface area contributed by atoms with Crippen LogP contribution in [0.2, 0.25) is 0 Å². The van der Waals surface area contributed by atoms with E-state index in [0.717, 1.165) is 16.8 Å². The molecule has 0 bridgehead atoms. The Labute approximate surface area is 167 Å². The first kappa shape index (κ1) is 19.4. The van der Waals surface area contributed by atoms with Gasteiger partial charge < -0.3 is 9.47 Å². The Kier molecular flexibility index (Phi) is 5.92. The van der Waals surface area contributed by atoms with Gasteiger partial charge >= 0.3 is 0 Å². The fourth-order valence-electron chi connectivity index (χ4n) is 2.71. The van der Waals surface area contributed by atoms with Gasteiger partial charge in [0.15, 0.2) is 23.2 Å². The van der Waals surface area contributed by atoms with Gasteiger partial charge in [-0.05, 0) is 31.5 Å². The molecule has 2 aromatic carbocycles. The third-order valence-corrected chi connectivity index (χ3v) is 4.82. The molecule has 0 unspecified atom stereocenters. The van der Waals surface area contributed by atoms with Crippen molar-refractivity contribution < 1.29 is 14.3 Å². The molecule has 0 aliphatic rings. The Balaban J connectivity index is 1.63. The maximum Gasteiger partial charge on any atom is 0.264 e. The fourth-order valence-corrected chi connectivity index (χ4v) is 3.44. The van der Waals surface area contributed by atoms with Gasteiger partial charge in [0.1, 0.15) is 0 Å². The maximum atomic E-state index is 12.2. The predicted octanol–water partition coefficient (Wildman–Crippen LogP) is 4.32. The van der Waals surface area contributed by atoms with Gasteiger partial charge in [-0.25, -0.2) is 4.98 Å². The van der Waals surface area contributed by atoms with E-state index in [0.29, 0.717) is 22.2 Å². The lowest BCUT2D eigenvalue weighted by molar-refractivity contribution is -0.118. The van der Waals surface area contributed by atoms with Crippen molar-refractivity contribution in [2.75, 3.05) is 19.0 Å². The number of thiazole rings is 1. The third kappa shape index (κ3) is 4.48. The summed E-state index contributed by atoms with van der Waals surface area (Å²) in [6.45, 7) is 3.89. The summed E-state index contributed by atoms with van der Waals surface area (Å²) in [7, 11) is 1.48. The van der Waals surface area contributed by atoms with Crippen LogP contribution < -0.4 is 14.8 Å². The van der Waals surface area contributed by atoms with Crippen LogP contribution in [0.4, 0.5) is 5.13 Å². The number of aryl methyl sites for hydroxylation is 2. The summed E-state index contributed by atoms with van der Waals surface area (Å²) in [6.07, 6.45) is 0. The molecule has 0 atom stereocenters. The van der Waals surface area contributed by atoms with Crippen LogP contribution in [-0.4, -0.2) is 24.6 Å². The van der Waals surface area contributed by atoms with Crippen LogP contribution in [0, 0.1) is 25.2 Å². The number of aromatic nitrogens is 1. The zero-order valence-electron chi connectivity index (χ0n) is 15.8. The number of hydrogen-bond donors (Lipinski definition) is 1. The standard InChI is InChI=1S/C21H19N3O3S/c1-13-4-6-16(14(2)8-13)17-12-28-21(23-17)24-20(25)11-27-18-7-5-15(10-22)9-19(18)26-3/h4-9,12H,11H2,1-3H3,(H,23,24,25). The first-order valence-corrected chi connectivity index (χ1v) is 9.42. The highest BCUT2D eigenvalue weighted by atomic mass is 32.1. The van der Waals surface area contributed by atoms with Crippen molar-refractivity contribution >= 4 is 22.4 Å². The van der Waals surface area contributed by atoms with Crippen molar-refractivity contribution in [2.45, 2.75) is 13.8 Å². The highest BCUT2D eigenvalue weighted by Crippen LogP contribution is 2.29. The Hall–Kier alpha value is -3.37. The van der Waals surface area contributed by atoms with E-state index in [4.69, 9.17) is 14.7 Å². The summed E-state index contributed by atoms with van der Waals surface area (Å²) in [4.78, 5) is 16.7. The van der Waals surface area contributed by atoms with Crippen molar-refractivity contribution in [2.24, 2.45) is 0 Å². The monoisotopic (exact) mass is 393 g/mol. The van der Waals surface area contributed by atoms with Crippen LogP contribution in [0.5, 0.6) is 11.5 Å². The second-order valence-electron chi connectivity index (χ2n) is 6.17. The molecule has 0 aliphatic heterocycles. The predicted molar refractivity (Wildman–Crippen MR) is 109 cm³/mol. The number of nitriles is 1. The normalized spacial score (nSPS) is 10.2. The fraction of sp³-hybridized carbons (Fsp3) is 0.190. The zero-order chi connectivity index (χ0) is 20.1. The average molecular weight is 393 g/mol. The van der Waals surface area contributed by atoms with Crippen molar-refractivity contribution in [3.8, 4) is 28.8 Å². The second-order valence-corrected chi connectivity index (χ2v) is 7.03. The molecule has 0 saturated carbocycles. The highest BCUT2D eigenvalue weighted by Gasteiger charge is 2.12. The molecule has 1 amide bonds. The zero-order valence-corrected chi connectivity index (χ0v) is 16.6. The number of nitrogens with zero attached hydrogens (tertiary/aromatic N) is 2. The largest absolute Gasteiger partial charge is 0.493 e. The third-order valence-electron chi connectivity index (χ3n) is 4.06. The topological polar surface area (TPSA) is 84.2 Å². The summed E-state index contributed by atoms with van der Waals surface area (Å²) in [5, 5.41) is 14.1. The lowest BCUT2D eigenvalue weighted by Crippen LogP contribution is -2.20. The number of carbonyl (C=O) groups excluding carboxylic acids is 1. The summed E-state index contributed by atoms with van der Waals surface area (Å²) < 4.78 is 10.7. The van der Waals surface area contributed by atoms with Gasteiger partial charge in [0.25, 0.3) is 5.91 Å². The molecular weight excluding hydrogens is 374 g/mol. The van der Waals surface area contributed by atoms with Crippen molar-refractivity contribution in [3.05, 3.63) is 58.5 Å². The van der Waals surface area contributed by atoms with E-state index in [2.05, 4.69) is 16.4 Å². The minimum absolute atomic E-state index is 0.194. The Bertz CT molecular complexity index is 1050. The SMILES string of the molecule is COc1cc(C#N)ccc1OCC(=O)Nc1nc(-c2ccc(C)cc2C)cs1. The van der Waals surface area contributed by atoms with E-state index >= 15 is 0 Å². The molecule has 0 radical (unpaired) electrons. The summed E-state index contributed by atoms with van der Waals surface area (Å²) in [5.41, 5.74) is 4.66. The van der Waals surface area contributed by atoms with Gasteiger partial charge in [0.2, 0.25) is 0 Å². The molecule has 28 heavy (non-hydrogen) atoms. The number of anilines is 1. The van der Waals surface area contributed by atoms with Crippen LogP contribution in [0.1, 0.15) is 16.7 Å². The summed E-state index contributed by atoms with van der Waals surface area (Å²) >= 11 is 1.36. The number of benzene rings is 2. The van der Waals surface area contributed by atoms with E-state index in [-0.39, 0.29) is 12.5 Å². The number of ether oxygens (including phenoxy) is 2. The molecule has 0 aliphatic carbocycles. The molecule has 1 N–H and O–H groups in total. The van der Waals surface area contributed by atoms with Gasteiger partial charge in [0, 0.05) is 17.0 Å². The second kappa shape index (κ2) is 8.55. The van der Waals surface area contributed by atoms with Crippen LogP contribution in [-0.2, 0) is 4.79 Å². The Morgan fingerprint density at radius 2 is 2.04 bits per heavy atom. The molecule has 1 heterocycles. The number of rotatable bonds is 6. The Morgan fingerprint density at radius 3 is 2.75 bits per heavy atom. The van der Waals surface area contributed by atoms with Crippen molar-refractivity contribution in [1.82, 2.24) is 4.98 Å². The Morgan fingerprint density at radius 1 is 1.21 bits per heavy atom. The first-order chi connectivity index (χ1) is 13.5. The number of hydrogen-bond acceptors (Lipinski definition) is 6. The molecule has 7 heteroatoms. The lowest BCUT2D eigenvalue weighted by atomic mass is 10.0. The van der Waals surface area contributed by atoms with Crippen molar-refractivity contribution in [3.63, 3.8) is 0 Å². The number of nitrogens with one attached hydrogen (secondary N) is 1. The van der Waals surface area contributed by atoms with Crippen molar-refractivity contribution in [1.29, 1.82) is 5.26 Å². The molecule has 0 fully saturated rings. The van der Waals surface area contributed by atoms with E-state index in [1.54, 1.807) is 18.2 Å². The minimum Gasteiger partial charge on any atom is -0.493 e. The van der Waals surface area contributed by atoms with E-state index in [1.807, 2.05) is 37.4 Å². The first-order valence-electron chi connectivity index (χ1n) is 8.54. The summed E-state index contributed by atoms with van der Waals surface area (Å²) in [6, 6.07) is 13.0. The smallest absolute Gasteiger partial charge is 0.264 e. The van der Waals surface area contributed by atoms with Gasteiger partial charge in [-0.1, -0.05) is 23.8 Å². The van der Waals surface area contributed by atoms with Crippen LogP contribution in [0.25, 0.3) is 11.3 Å². The summed E-state index contributed by atoms with van der Waals surface area (Å²) in [5.74, 6) is 0.470. The van der Waals surface area contributed by atoms with Gasteiger partial charge in [0.05, 0.1) is 24.4 Å². The van der Waals surface area contributed by atoms with Gasteiger partial charge in [-0.15, -0.1) is 11.3 Å². The molecule has 142 valence electrons. The molecule has 3 rings (SSSR count). The number of methoxy groups -OCH3 is 1. The molecular formula is C21H19N3O3S. The number of carbonyl (C=O) groups is 1. The highest BCUT2D eigenvalue weighted by molar-refractivity contribution is 7.14. The lowest BCUT2D eigenvalue weighted by Gasteiger charge is -2.10. The molecule has 0 spiro atoms. The molecule has 0 saturated heterocycles. The van der Waals surface area contributed by atoms with Crippen LogP contribution >= 0.6 is 11.3 Å². The molecule has 3 aromatic rings. The van der Waals surface area contributed by atoms with Gasteiger partial charge in [-0.3, -0.25) is 10.1 Å². The van der Waals surface area contributed by atoms with E-state index < -0.39 is 0 Å². The van der Waals surface area contributed by atoms with Crippen LogP contribution in [0.3, 0.4) is 0 Å². The number of amides is 1. The maximum absolute atomic E-state index is 12.2. The van der Waals surface area contributed by atoms with E-state index in [9.17, 15) is 4.79 Å². The minimum atomic E-state index is -0.326. The van der Waals surface area contributed by atoms with E-state index in [1.165, 1.54) is 24.0 Å². The van der Waals surface area contributed by atoms with Gasteiger partial charge in [-0.2, -0.15) is 5.26 Å². The average Bonchev–Trinajstić information content (AvgIpc) is 3.14. The molecule has 6 nitrogen and oxygen atoms in total. The van der Waals surface area contributed by atoms with Crippen LogP contribution in [0.15, 0.2) is 41.8 Å². The molecule has 1 aromatic heterocycles.